The highest BCUT2D eigenvalue weighted by Gasteiger charge is 2.38. The van der Waals surface area contributed by atoms with Gasteiger partial charge in [-0.25, -0.2) is 9.18 Å². The number of carbonyl (C=O) groups excluding carboxylic acids is 1. The Kier molecular flexibility index (Phi) is 4.61. The molecule has 2 N–H and O–H groups in total. The van der Waals surface area contributed by atoms with Gasteiger partial charge in [-0.3, -0.25) is 4.79 Å². The molecule has 0 spiro atoms. The molecular weight excluding hydrogens is 285 g/mol. The molecular formula is C13H14FNO4S. The van der Waals surface area contributed by atoms with Crippen molar-refractivity contribution in [3.8, 4) is 0 Å². The van der Waals surface area contributed by atoms with Crippen molar-refractivity contribution < 1.29 is 24.2 Å². The number of thioether (sulfide) groups is 1. The van der Waals surface area contributed by atoms with Crippen LogP contribution in [0, 0.1) is 5.82 Å². The average Bonchev–Trinajstić information content (AvgIpc) is 2.80. The zero-order valence-corrected chi connectivity index (χ0v) is 11.3. The number of benzene rings is 1. The zero-order valence-electron chi connectivity index (χ0n) is 10.5. The molecule has 1 aliphatic heterocycles. The number of carbonyl (C=O) groups is 2. The van der Waals surface area contributed by atoms with E-state index < -0.39 is 18.1 Å². The van der Waals surface area contributed by atoms with Gasteiger partial charge in [-0.15, -0.1) is 11.8 Å². The van der Waals surface area contributed by atoms with Crippen LogP contribution in [0.15, 0.2) is 29.2 Å². The monoisotopic (exact) mass is 299 g/mol. The Morgan fingerprint density at radius 3 is 2.60 bits per heavy atom. The summed E-state index contributed by atoms with van der Waals surface area (Å²) in [6.45, 7) is 0.0414. The summed E-state index contributed by atoms with van der Waals surface area (Å²) < 4.78 is 12.7. The van der Waals surface area contributed by atoms with E-state index in [9.17, 15) is 19.1 Å². The predicted octanol–water partition coefficient (Wildman–Crippen LogP) is 0.964. The lowest BCUT2D eigenvalue weighted by atomic mass is 10.2. The number of hydrogen-bond donors (Lipinski definition) is 2. The van der Waals surface area contributed by atoms with E-state index >= 15 is 0 Å². The van der Waals surface area contributed by atoms with E-state index in [-0.39, 0.29) is 30.4 Å². The van der Waals surface area contributed by atoms with Gasteiger partial charge in [-0.1, -0.05) is 0 Å². The van der Waals surface area contributed by atoms with Gasteiger partial charge >= 0.3 is 5.97 Å². The molecule has 0 aromatic heterocycles. The summed E-state index contributed by atoms with van der Waals surface area (Å²) in [6.07, 6.45) is -0.738. The molecule has 2 rings (SSSR count). The second kappa shape index (κ2) is 6.23. The first-order chi connectivity index (χ1) is 9.47. The van der Waals surface area contributed by atoms with Gasteiger partial charge in [0.15, 0.2) is 0 Å². The van der Waals surface area contributed by atoms with Crippen LogP contribution in [0.25, 0.3) is 0 Å². The third-order valence-electron chi connectivity index (χ3n) is 3.06. The first-order valence-corrected chi connectivity index (χ1v) is 7.04. The van der Waals surface area contributed by atoms with E-state index in [0.29, 0.717) is 0 Å². The third-order valence-corrected chi connectivity index (χ3v) is 4.06. The van der Waals surface area contributed by atoms with Crippen LogP contribution in [-0.2, 0) is 9.59 Å². The smallest absolute Gasteiger partial charge is 0.326 e. The van der Waals surface area contributed by atoms with Gasteiger partial charge in [0, 0.05) is 17.9 Å². The van der Waals surface area contributed by atoms with Gasteiger partial charge in [0.05, 0.1) is 11.9 Å². The molecule has 1 saturated heterocycles. The lowest BCUT2D eigenvalue weighted by Gasteiger charge is -2.20. The second-order valence-electron chi connectivity index (χ2n) is 4.53. The van der Waals surface area contributed by atoms with Crippen molar-refractivity contribution in [1.29, 1.82) is 0 Å². The van der Waals surface area contributed by atoms with Crippen LogP contribution < -0.4 is 0 Å². The van der Waals surface area contributed by atoms with E-state index in [1.165, 1.54) is 28.8 Å². The summed E-state index contributed by atoms with van der Waals surface area (Å²) in [4.78, 5) is 24.9. The molecule has 1 aromatic carbocycles. The van der Waals surface area contributed by atoms with Crippen molar-refractivity contribution >= 4 is 23.6 Å². The average molecular weight is 299 g/mol. The number of β-amino-alcohol motifs (C(OH)–C–C–N with tert-alkyl or cyclic N) is 1. The fraction of sp³-hybridized carbons (Fsp3) is 0.385. The molecule has 1 fully saturated rings. The Morgan fingerprint density at radius 1 is 1.35 bits per heavy atom. The number of carboxylic acid groups (broad SMARTS) is 1. The maximum absolute atomic E-state index is 12.7. The molecule has 2 atom stereocenters. The van der Waals surface area contributed by atoms with Crippen LogP contribution >= 0.6 is 11.8 Å². The molecule has 20 heavy (non-hydrogen) atoms. The van der Waals surface area contributed by atoms with Crippen LogP contribution in [0.2, 0.25) is 0 Å². The molecule has 1 aliphatic rings. The Bertz CT molecular complexity index is 508. The van der Waals surface area contributed by atoms with Gasteiger partial charge in [0.2, 0.25) is 5.91 Å². The fourth-order valence-electron chi connectivity index (χ4n) is 2.08. The molecule has 5 nitrogen and oxygen atoms in total. The number of aliphatic hydroxyl groups is 1. The Morgan fingerprint density at radius 2 is 2.00 bits per heavy atom. The number of likely N-dealkylation sites (tertiary alicyclic amines) is 1. The van der Waals surface area contributed by atoms with E-state index in [2.05, 4.69) is 0 Å². The lowest BCUT2D eigenvalue weighted by Crippen LogP contribution is -2.41. The first kappa shape index (κ1) is 14.8. The maximum Gasteiger partial charge on any atom is 0.326 e. The number of rotatable bonds is 4. The number of carboxylic acids is 1. The minimum Gasteiger partial charge on any atom is -0.480 e. The lowest BCUT2D eigenvalue weighted by molar-refractivity contribution is -0.147. The van der Waals surface area contributed by atoms with E-state index in [1.807, 2.05) is 0 Å². The quantitative estimate of drug-likeness (QED) is 0.810. The fourth-order valence-corrected chi connectivity index (χ4v) is 2.87. The summed E-state index contributed by atoms with van der Waals surface area (Å²) in [5, 5.41) is 18.5. The summed E-state index contributed by atoms with van der Waals surface area (Å²) in [5.74, 6) is -1.75. The highest BCUT2D eigenvalue weighted by atomic mass is 32.2. The summed E-state index contributed by atoms with van der Waals surface area (Å²) in [5.41, 5.74) is 0. The van der Waals surface area contributed by atoms with E-state index in [4.69, 9.17) is 5.11 Å². The topological polar surface area (TPSA) is 77.8 Å². The number of hydrogen-bond acceptors (Lipinski definition) is 4. The first-order valence-electron chi connectivity index (χ1n) is 6.06. The minimum absolute atomic E-state index is 0.0414. The van der Waals surface area contributed by atoms with Crippen LogP contribution in [0.3, 0.4) is 0 Å². The number of amides is 1. The second-order valence-corrected chi connectivity index (χ2v) is 5.58. The normalized spacial score (nSPS) is 22.0. The van der Waals surface area contributed by atoms with Crippen LogP contribution in [0.4, 0.5) is 4.39 Å². The number of halogens is 1. The standard InChI is InChI=1S/C13H14FNO4S/c14-8-1-3-10(4-2-8)20-7-12(17)15-6-9(16)5-11(15)13(18)19/h1-4,9,11,16H,5-7H2,(H,18,19)/t9-,11-/m1/s1. The highest BCUT2D eigenvalue weighted by molar-refractivity contribution is 8.00. The maximum atomic E-state index is 12.7. The summed E-state index contributed by atoms with van der Waals surface area (Å²) >= 11 is 1.21. The van der Waals surface area contributed by atoms with Crippen LogP contribution in [0.1, 0.15) is 6.42 Å². The Balaban J connectivity index is 1.94. The minimum atomic E-state index is -1.11. The summed E-state index contributed by atoms with van der Waals surface area (Å²) in [7, 11) is 0. The molecule has 0 unspecified atom stereocenters. The SMILES string of the molecule is O=C(O)[C@H]1C[C@@H](O)CN1C(=O)CSc1ccc(F)cc1. The van der Waals surface area contributed by atoms with Gasteiger partial charge in [-0.2, -0.15) is 0 Å². The third kappa shape index (κ3) is 3.49. The largest absolute Gasteiger partial charge is 0.480 e. The summed E-state index contributed by atoms with van der Waals surface area (Å²) in [6, 6.07) is 4.74. The van der Waals surface area contributed by atoms with Gasteiger partial charge in [0.1, 0.15) is 11.9 Å². The van der Waals surface area contributed by atoms with Crippen molar-refractivity contribution in [2.24, 2.45) is 0 Å². The molecule has 0 aliphatic carbocycles. The van der Waals surface area contributed by atoms with E-state index in [0.717, 1.165) is 4.90 Å². The van der Waals surface area contributed by atoms with E-state index in [1.54, 1.807) is 12.1 Å². The molecule has 7 heteroatoms. The van der Waals surface area contributed by atoms with Crippen LogP contribution in [-0.4, -0.2) is 51.4 Å². The van der Waals surface area contributed by atoms with Crippen molar-refractivity contribution in [3.63, 3.8) is 0 Å². The Labute approximate surface area is 119 Å². The van der Waals surface area contributed by atoms with Crippen molar-refractivity contribution in [2.75, 3.05) is 12.3 Å². The zero-order chi connectivity index (χ0) is 14.7. The van der Waals surface area contributed by atoms with Gasteiger partial charge in [-0.05, 0) is 24.3 Å². The van der Waals surface area contributed by atoms with Gasteiger partial charge < -0.3 is 15.1 Å². The number of aliphatic carboxylic acids is 1. The molecule has 0 radical (unpaired) electrons. The molecule has 1 amide bonds. The van der Waals surface area contributed by atoms with Gasteiger partial charge in [0.25, 0.3) is 0 Å². The predicted molar refractivity (Wildman–Crippen MR) is 70.9 cm³/mol. The molecule has 1 heterocycles. The number of nitrogens with zero attached hydrogens (tertiary/aromatic N) is 1. The van der Waals surface area contributed by atoms with Crippen molar-refractivity contribution in [3.05, 3.63) is 30.1 Å². The van der Waals surface area contributed by atoms with Crippen molar-refractivity contribution in [1.82, 2.24) is 4.90 Å². The Hall–Kier alpha value is -1.60. The molecule has 0 saturated carbocycles. The molecule has 0 bridgehead atoms. The molecule has 108 valence electrons. The molecule has 1 aromatic rings. The highest BCUT2D eigenvalue weighted by Crippen LogP contribution is 2.23. The number of aliphatic hydroxyl groups excluding tert-OH is 1. The van der Waals surface area contributed by atoms with Crippen LogP contribution in [0.5, 0.6) is 0 Å². The van der Waals surface area contributed by atoms with Crippen molar-refractivity contribution in [2.45, 2.75) is 23.5 Å².